The molecule has 0 fully saturated rings. The van der Waals surface area contributed by atoms with E-state index >= 15 is 0 Å². The van der Waals surface area contributed by atoms with Crippen LogP contribution in [0, 0.1) is 0 Å². The summed E-state index contributed by atoms with van der Waals surface area (Å²) in [7, 11) is 0. The van der Waals surface area contributed by atoms with Crippen molar-refractivity contribution in [2.24, 2.45) is 0 Å². The first-order chi connectivity index (χ1) is 11.1. The number of carbonyl (C=O) groups is 1. The van der Waals surface area contributed by atoms with Gasteiger partial charge in [-0.25, -0.2) is 0 Å². The molecule has 0 saturated carbocycles. The summed E-state index contributed by atoms with van der Waals surface area (Å²) in [5.41, 5.74) is 0.833. The van der Waals surface area contributed by atoms with Gasteiger partial charge in [0, 0.05) is 15.7 Å². The molecule has 0 aliphatic heterocycles. The Hall–Kier alpha value is -2.12. The smallest absolute Gasteiger partial charge is 0.322 e. The molecule has 7 heteroatoms. The summed E-state index contributed by atoms with van der Waals surface area (Å²) in [6, 6.07) is 11.6. The molecule has 2 heterocycles. The third-order valence-corrected chi connectivity index (χ3v) is 4.71. The van der Waals surface area contributed by atoms with Gasteiger partial charge < -0.3 is 4.42 Å². The van der Waals surface area contributed by atoms with Gasteiger partial charge in [-0.05, 0) is 29.6 Å². The molecule has 0 bridgehead atoms. The molecular weight excluding hydrogens is 330 g/mol. The Labute approximate surface area is 142 Å². The van der Waals surface area contributed by atoms with Crippen LogP contribution in [-0.2, 0) is 0 Å². The Morgan fingerprint density at radius 3 is 2.87 bits per heavy atom. The first-order valence-corrected chi connectivity index (χ1v) is 8.83. The lowest BCUT2D eigenvalue weighted by atomic mass is 10.2. The van der Waals surface area contributed by atoms with Crippen LogP contribution in [0.2, 0.25) is 0 Å². The number of hydrogen-bond acceptors (Lipinski definition) is 6. The number of aromatic nitrogens is 2. The monoisotopic (exact) mass is 345 g/mol. The average Bonchev–Trinajstić information content (AvgIpc) is 3.18. The number of nitrogens with zero attached hydrogens (tertiary/aromatic N) is 2. The molecule has 1 aromatic carbocycles. The first kappa shape index (κ1) is 15.8. The maximum atomic E-state index is 12.0. The van der Waals surface area contributed by atoms with Crippen molar-refractivity contribution < 1.29 is 9.21 Å². The molecular formula is C16H15N3O2S2. The molecule has 3 aromatic rings. The van der Waals surface area contributed by atoms with E-state index in [0.717, 1.165) is 10.5 Å². The minimum atomic E-state index is -0.251. The SMILES string of the molecule is CC(C)Sc1cccc(-c2nnc(NC(=O)c3cccs3)o2)c1. The van der Waals surface area contributed by atoms with Gasteiger partial charge in [-0.2, -0.15) is 0 Å². The molecule has 0 unspecified atom stereocenters. The molecule has 0 radical (unpaired) electrons. The maximum Gasteiger partial charge on any atom is 0.322 e. The Morgan fingerprint density at radius 2 is 2.13 bits per heavy atom. The molecule has 2 aromatic heterocycles. The van der Waals surface area contributed by atoms with Gasteiger partial charge in [0.15, 0.2) is 0 Å². The summed E-state index contributed by atoms with van der Waals surface area (Å²) >= 11 is 3.12. The van der Waals surface area contributed by atoms with Gasteiger partial charge in [-0.15, -0.1) is 28.2 Å². The summed E-state index contributed by atoms with van der Waals surface area (Å²) in [6.45, 7) is 4.28. The normalized spacial score (nSPS) is 10.9. The van der Waals surface area contributed by atoms with E-state index in [1.165, 1.54) is 11.3 Å². The number of amides is 1. The third-order valence-electron chi connectivity index (χ3n) is 2.84. The van der Waals surface area contributed by atoms with Crippen LogP contribution >= 0.6 is 23.1 Å². The fourth-order valence-electron chi connectivity index (χ4n) is 1.93. The van der Waals surface area contributed by atoms with E-state index < -0.39 is 0 Å². The number of hydrogen-bond donors (Lipinski definition) is 1. The van der Waals surface area contributed by atoms with Crippen LogP contribution in [0.15, 0.2) is 51.1 Å². The van der Waals surface area contributed by atoms with Crippen molar-refractivity contribution >= 4 is 35.0 Å². The highest BCUT2D eigenvalue weighted by Gasteiger charge is 2.13. The van der Waals surface area contributed by atoms with E-state index in [1.54, 1.807) is 17.8 Å². The van der Waals surface area contributed by atoms with Gasteiger partial charge in [0.2, 0.25) is 5.89 Å². The number of benzene rings is 1. The first-order valence-electron chi connectivity index (χ1n) is 7.07. The Bertz CT molecular complexity index is 797. The lowest BCUT2D eigenvalue weighted by Crippen LogP contribution is -2.10. The summed E-state index contributed by atoms with van der Waals surface area (Å²) in [4.78, 5) is 13.7. The molecule has 3 rings (SSSR count). The zero-order valence-electron chi connectivity index (χ0n) is 12.6. The van der Waals surface area contributed by atoms with E-state index in [1.807, 2.05) is 35.7 Å². The Morgan fingerprint density at radius 1 is 1.26 bits per heavy atom. The van der Waals surface area contributed by atoms with E-state index in [-0.39, 0.29) is 11.9 Å². The van der Waals surface area contributed by atoms with Crippen LogP contribution in [0.5, 0.6) is 0 Å². The van der Waals surface area contributed by atoms with Gasteiger partial charge in [0.1, 0.15) is 0 Å². The lowest BCUT2D eigenvalue weighted by Gasteiger charge is -2.05. The standard InChI is InChI=1S/C16H15N3O2S2/c1-10(2)23-12-6-3-5-11(9-12)15-18-19-16(21-15)17-14(20)13-7-4-8-22-13/h3-10H,1-2H3,(H,17,19,20). The minimum absolute atomic E-state index is 0.0975. The fourth-order valence-corrected chi connectivity index (χ4v) is 3.45. The maximum absolute atomic E-state index is 12.0. The van der Waals surface area contributed by atoms with Crippen molar-refractivity contribution in [1.82, 2.24) is 10.2 Å². The number of nitrogens with one attached hydrogen (secondary N) is 1. The van der Waals surface area contributed by atoms with E-state index in [2.05, 4.69) is 29.4 Å². The third kappa shape index (κ3) is 4.00. The number of thiophene rings is 1. The van der Waals surface area contributed by atoms with E-state index in [9.17, 15) is 4.79 Å². The van der Waals surface area contributed by atoms with Gasteiger partial charge in [0.25, 0.3) is 5.91 Å². The van der Waals surface area contributed by atoms with Gasteiger partial charge in [-0.1, -0.05) is 31.1 Å². The zero-order chi connectivity index (χ0) is 16.2. The summed E-state index contributed by atoms with van der Waals surface area (Å²) in [5, 5.41) is 12.8. The van der Waals surface area contributed by atoms with Crippen LogP contribution in [0.25, 0.3) is 11.5 Å². The highest BCUT2D eigenvalue weighted by Crippen LogP contribution is 2.28. The van der Waals surface area contributed by atoms with Crippen LogP contribution < -0.4 is 5.32 Å². The number of rotatable bonds is 5. The predicted octanol–water partition coefficient (Wildman–Crippen LogP) is 4.55. The van der Waals surface area contributed by atoms with Crippen molar-refractivity contribution in [1.29, 1.82) is 0 Å². The van der Waals surface area contributed by atoms with E-state index in [0.29, 0.717) is 16.0 Å². The van der Waals surface area contributed by atoms with Gasteiger partial charge >= 0.3 is 6.01 Å². The molecule has 1 N–H and O–H groups in total. The van der Waals surface area contributed by atoms with Gasteiger partial charge in [-0.3, -0.25) is 10.1 Å². The minimum Gasteiger partial charge on any atom is -0.403 e. The molecule has 0 saturated heterocycles. The van der Waals surface area contributed by atoms with Crippen LogP contribution in [-0.4, -0.2) is 21.4 Å². The Balaban J connectivity index is 1.75. The Kier molecular flexibility index (Phi) is 4.78. The molecule has 5 nitrogen and oxygen atoms in total. The number of carbonyl (C=O) groups excluding carboxylic acids is 1. The summed E-state index contributed by atoms with van der Waals surface area (Å²) < 4.78 is 5.54. The van der Waals surface area contributed by atoms with Crippen molar-refractivity contribution in [3.8, 4) is 11.5 Å². The largest absolute Gasteiger partial charge is 0.403 e. The predicted molar refractivity (Wildman–Crippen MR) is 93.0 cm³/mol. The summed E-state index contributed by atoms with van der Waals surface area (Å²) in [5.74, 6) is 0.136. The quantitative estimate of drug-likeness (QED) is 0.687. The zero-order valence-corrected chi connectivity index (χ0v) is 14.3. The topological polar surface area (TPSA) is 68.0 Å². The van der Waals surface area contributed by atoms with Crippen molar-refractivity contribution in [2.75, 3.05) is 5.32 Å². The molecule has 0 atom stereocenters. The summed E-state index contributed by atoms with van der Waals surface area (Å²) in [6.07, 6.45) is 0. The van der Waals surface area contributed by atoms with Crippen LogP contribution in [0.1, 0.15) is 23.5 Å². The van der Waals surface area contributed by atoms with Crippen LogP contribution in [0.3, 0.4) is 0 Å². The number of anilines is 1. The van der Waals surface area contributed by atoms with Crippen molar-refractivity contribution in [3.63, 3.8) is 0 Å². The molecule has 23 heavy (non-hydrogen) atoms. The second-order valence-electron chi connectivity index (χ2n) is 5.04. The molecule has 0 aliphatic carbocycles. The molecule has 118 valence electrons. The lowest BCUT2D eigenvalue weighted by molar-refractivity contribution is 0.102. The second-order valence-corrected chi connectivity index (χ2v) is 7.64. The van der Waals surface area contributed by atoms with Crippen LogP contribution in [0.4, 0.5) is 6.01 Å². The highest BCUT2D eigenvalue weighted by atomic mass is 32.2. The fraction of sp³-hybridized carbons (Fsp3) is 0.188. The van der Waals surface area contributed by atoms with E-state index in [4.69, 9.17) is 4.42 Å². The number of thioether (sulfide) groups is 1. The van der Waals surface area contributed by atoms with Gasteiger partial charge in [0.05, 0.1) is 4.88 Å². The molecule has 0 spiro atoms. The van der Waals surface area contributed by atoms with Crippen molar-refractivity contribution in [3.05, 3.63) is 46.7 Å². The average molecular weight is 345 g/mol. The van der Waals surface area contributed by atoms with Crippen molar-refractivity contribution in [2.45, 2.75) is 24.0 Å². The molecule has 1 amide bonds. The molecule has 0 aliphatic rings. The second kappa shape index (κ2) is 6.97. The highest BCUT2D eigenvalue weighted by molar-refractivity contribution is 7.99.